The van der Waals surface area contributed by atoms with Crippen LogP contribution in [0.5, 0.6) is 5.75 Å². The van der Waals surface area contributed by atoms with Crippen LogP contribution >= 0.6 is 0 Å². The highest BCUT2D eigenvalue weighted by Gasteiger charge is 2.12. The first kappa shape index (κ1) is 17.4. The summed E-state index contributed by atoms with van der Waals surface area (Å²) in [6.07, 6.45) is 0. The molecule has 0 aliphatic heterocycles. The molecule has 0 fully saturated rings. The first-order valence-corrected chi connectivity index (χ1v) is 8.21. The third-order valence-corrected chi connectivity index (χ3v) is 3.79. The van der Waals surface area contributed by atoms with Gasteiger partial charge >= 0.3 is 0 Å². The van der Waals surface area contributed by atoms with E-state index in [4.69, 9.17) is 0 Å². The summed E-state index contributed by atoms with van der Waals surface area (Å²) in [6, 6.07) is 20.1. The molecule has 3 rings (SSSR count). The Labute approximate surface area is 152 Å². The molecule has 0 unspecified atom stereocenters. The van der Waals surface area contributed by atoms with E-state index in [9.17, 15) is 9.90 Å². The number of nitrogens with one attached hydrogen (secondary N) is 1. The van der Waals surface area contributed by atoms with Crippen LogP contribution in [0.25, 0.3) is 11.1 Å². The second kappa shape index (κ2) is 7.61. The number of phenolic OH excluding ortho intramolecular Hbond substituents is 1. The van der Waals surface area contributed by atoms with Gasteiger partial charge in [-0.1, -0.05) is 29.8 Å². The van der Waals surface area contributed by atoms with Crippen molar-refractivity contribution in [2.75, 3.05) is 5.32 Å². The van der Waals surface area contributed by atoms with Gasteiger partial charge in [0.2, 0.25) is 5.91 Å². The molecule has 0 bridgehead atoms. The van der Waals surface area contributed by atoms with Gasteiger partial charge in [-0.2, -0.15) is 5.11 Å². The molecule has 0 aliphatic carbocycles. The third-order valence-electron chi connectivity index (χ3n) is 3.79. The average Bonchev–Trinajstić information content (AvgIpc) is 2.63. The van der Waals surface area contributed by atoms with Gasteiger partial charge in [0.1, 0.15) is 5.75 Å². The van der Waals surface area contributed by atoms with Gasteiger partial charge in [0.15, 0.2) is 0 Å². The number of azo groups is 1. The Morgan fingerprint density at radius 1 is 0.923 bits per heavy atom. The lowest BCUT2D eigenvalue weighted by molar-refractivity contribution is -0.114. The topological polar surface area (TPSA) is 74.0 Å². The molecule has 3 aromatic carbocycles. The van der Waals surface area contributed by atoms with E-state index in [-0.39, 0.29) is 11.7 Å². The maximum absolute atomic E-state index is 11.4. The fourth-order valence-corrected chi connectivity index (χ4v) is 2.59. The van der Waals surface area contributed by atoms with Gasteiger partial charge < -0.3 is 10.4 Å². The van der Waals surface area contributed by atoms with Gasteiger partial charge in [0.25, 0.3) is 0 Å². The predicted molar refractivity (Wildman–Crippen MR) is 103 cm³/mol. The number of phenols is 1. The molecule has 2 N–H and O–H groups in total. The van der Waals surface area contributed by atoms with Gasteiger partial charge in [-0.15, -0.1) is 5.11 Å². The number of aromatic hydroxyl groups is 1. The summed E-state index contributed by atoms with van der Waals surface area (Å²) in [5.41, 5.74) is 4.30. The fraction of sp³-hybridized carbons (Fsp3) is 0.0952. The van der Waals surface area contributed by atoms with E-state index >= 15 is 0 Å². The monoisotopic (exact) mass is 345 g/mol. The number of nitrogens with zero attached hydrogens (tertiary/aromatic N) is 2. The lowest BCUT2D eigenvalue weighted by Gasteiger charge is -2.11. The number of hydrogen-bond donors (Lipinski definition) is 2. The van der Waals surface area contributed by atoms with Gasteiger partial charge in [-0.3, -0.25) is 4.79 Å². The van der Waals surface area contributed by atoms with Crippen LogP contribution in [0, 0.1) is 6.92 Å². The molecule has 0 saturated carbocycles. The quantitative estimate of drug-likeness (QED) is 0.592. The van der Waals surface area contributed by atoms with E-state index in [0.717, 1.165) is 11.3 Å². The summed E-state index contributed by atoms with van der Waals surface area (Å²) in [6.45, 7) is 3.40. The molecule has 0 aromatic heterocycles. The Morgan fingerprint density at radius 3 is 2.42 bits per heavy atom. The Bertz CT molecular complexity index is 966. The zero-order valence-corrected chi connectivity index (χ0v) is 14.6. The largest absolute Gasteiger partial charge is 0.507 e. The number of hydrogen-bond acceptors (Lipinski definition) is 4. The molecule has 130 valence electrons. The number of carbonyl (C=O) groups excluding carboxylic acids is 1. The van der Waals surface area contributed by atoms with E-state index in [1.165, 1.54) is 6.92 Å². The molecule has 5 heteroatoms. The summed E-state index contributed by atoms with van der Waals surface area (Å²) < 4.78 is 0. The van der Waals surface area contributed by atoms with Crippen LogP contribution in [0.15, 0.2) is 77.0 Å². The number of rotatable bonds is 4. The van der Waals surface area contributed by atoms with Crippen LogP contribution in [-0.2, 0) is 4.79 Å². The zero-order chi connectivity index (χ0) is 18.5. The van der Waals surface area contributed by atoms with Crippen LogP contribution in [0.1, 0.15) is 12.5 Å². The van der Waals surface area contributed by atoms with Gasteiger partial charge in [-0.05, 0) is 49.4 Å². The van der Waals surface area contributed by atoms with Crippen molar-refractivity contribution in [3.8, 4) is 16.9 Å². The van der Waals surface area contributed by atoms with Crippen molar-refractivity contribution in [2.45, 2.75) is 13.8 Å². The fourth-order valence-electron chi connectivity index (χ4n) is 2.59. The molecular weight excluding hydrogens is 326 g/mol. The molecule has 1 amide bonds. The van der Waals surface area contributed by atoms with Crippen LogP contribution in [0.2, 0.25) is 0 Å². The van der Waals surface area contributed by atoms with Crippen molar-refractivity contribution in [1.29, 1.82) is 0 Å². The van der Waals surface area contributed by atoms with Gasteiger partial charge in [0, 0.05) is 23.7 Å². The highest BCUT2D eigenvalue weighted by atomic mass is 16.3. The highest BCUT2D eigenvalue weighted by Crippen LogP contribution is 2.39. The first-order valence-electron chi connectivity index (χ1n) is 8.21. The molecule has 3 aromatic rings. The second-order valence-corrected chi connectivity index (χ2v) is 5.97. The normalized spacial score (nSPS) is 10.8. The summed E-state index contributed by atoms with van der Waals surface area (Å²) in [7, 11) is 0. The molecule has 5 nitrogen and oxygen atoms in total. The van der Waals surface area contributed by atoms with Crippen molar-refractivity contribution in [3.05, 3.63) is 72.3 Å². The van der Waals surface area contributed by atoms with E-state index in [2.05, 4.69) is 15.5 Å². The molecule has 0 radical (unpaired) electrons. The molecule has 0 heterocycles. The minimum absolute atomic E-state index is 0.145. The SMILES string of the molecule is CC(=O)Nc1ccc(N=Nc2ccccc2)c(-c2cc(C)ccc2O)c1. The average molecular weight is 345 g/mol. The maximum Gasteiger partial charge on any atom is 0.221 e. The minimum atomic E-state index is -0.164. The number of benzene rings is 3. The third kappa shape index (κ3) is 4.13. The van der Waals surface area contributed by atoms with E-state index in [0.29, 0.717) is 22.5 Å². The Hall–Kier alpha value is -3.47. The lowest BCUT2D eigenvalue weighted by atomic mass is 10.00. The summed E-state index contributed by atoms with van der Waals surface area (Å²) in [4.78, 5) is 11.4. The highest BCUT2D eigenvalue weighted by molar-refractivity contribution is 5.91. The van der Waals surface area contributed by atoms with Gasteiger partial charge in [-0.25, -0.2) is 0 Å². The zero-order valence-electron chi connectivity index (χ0n) is 14.6. The smallest absolute Gasteiger partial charge is 0.221 e. The van der Waals surface area contributed by atoms with E-state index in [1.807, 2.05) is 49.4 Å². The number of aryl methyl sites for hydroxylation is 1. The van der Waals surface area contributed by atoms with Crippen molar-refractivity contribution >= 4 is 23.0 Å². The van der Waals surface area contributed by atoms with Gasteiger partial charge in [0.05, 0.1) is 11.4 Å². The van der Waals surface area contributed by atoms with E-state index in [1.54, 1.807) is 24.3 Å². The second-order valence-electron chi connectivity index (χ2n) is 5.97. The van der Waals surface area contributed by atoms with Crippen LogP contribution in [-0.4, -0.2) is 11.0 Å². The first-order chi connectivity index (χ1) is 12.5. The van der Waals surface area contributed by atoms with Crippen molar-refractivity contribution < 1.29 is 9.90 Å². The molecule has 0 atom stereocenters. The molecule has 0 aliphatic rings. The Morgan fingerprint density at radius 2 is 1.69 bits per heavy atom. The molecule has 26 heavy (non-hydrogen) atoms. The minimum Gasteiger partial charge on any atom is -0.507 e. The summed E-state index contributed by atoms with van der Waals surface area (Å²) in [5.74, 6) is -0.0187. The predicted octanol–water partition coefficient (Wildman–Crippen LogP) is 5.74. The van der Waals surface area contributed by atoms with Crippen LogP contribution < -0.4 is 5.32 Å². The number of anilines is 1. The standard InChI is InChI=1S/C21H19N3O2/c1-14-8-11-21(26)19(12-14)18-13-17(22-15(2)25)9-10-20(18)24-23-16-6-4-3-5-7-16/h3-13,26H,1-2H3,(H,22,25). The Kier molecular flexibility index (Phi) is 5.08. The molecule has 0 spiro atoms. The molecular formula is C21H19N3O2. The van der Waals surface area contributed by atoms with Crippen molar-refractivity contribution in [3.63, 3.8) is 0 Å². The molecule has 0 saturated heterocycles. The number of amides is 1. The maximum atomic E-state index is 11.4. The van der Waals surface area contributed by atoms with Crippen molar-refractivity contribution in [1.82, 2.24) is 0 Å². The Balaban J connectivity index is 2.10. The summed E-state index contributed by atoms with van der Waals surface area (Å²) in [5, 5.41) is 21.7. The van der Waals surface area contributed by atoms with Crippen LogP contribution in [0.4, 0.5) is 17.1 Å². The number of carbonyl (C=O) groups is 1. The van der Waals surface area contributed by atoms with Crippen molar-refractivity contribution in [2.24, 2.45) is 10.2 Å². The van der Waals surface area contributed by atoms with Crippen LogP contribution in [0.3, 0.4) is 0 Å². The summed E-state index contributed by atoms with van der Waals surface area (Å²) >= 11 is 0. The lowest BCUT2D eigenvalue weighted by Crippen LogP contribution is -2.05. The van der Waals surface area contributed by atoms with E-state index < -0.39 is 0 Å².